The normalized spacial score (nSPS) is 23.2. The number of halogens is 1. The molecular weight excluding hydrogens is 249 g/mol. The van der Waals surface area contributed by atoms with Crippen LogP contribution in [0.2, 0.25) is 0 Å². The fourth-order valence-corrected chi connectivity index (χ4v) is 3.37. The highest BCUT2D eigenvalue weighted by molar-refractivity contribution is 5.26. The molecule has 0 aromatic heterocycles. The quantitative estimate of drug-likeness (QED) is 0.836. The summed E-state index contributed by atoms with van der Waals surface area (Å²) in [6, 6.07) is 5.80. The molecule has 1 nitrogen and oxygen atoms in total. The van der Waals surface area contributed by atoms with E-state index in [0.717, 1.165) is 30.4 Å². The maximum absolute atomic E-state index is 13.1. The SMILES string of the molecule is Cc1cc(F)ccc1CCNC1CCCC(C(C)C)C1. The summed E-state index contributed by atoms with van der Waals surface area (Å²) in [6.07, 6.45) is 6.38. The molecule has 0 heterocycles. The second-order valence-corrected chi connectivity index (χ2v) is 6.64. The van der Waals surface area contributed by atoms with Crippen molar-refractivity contribution >= 4 is 0 Å². The third-order valence-electron chi connectivity index (χ3n) is 4.79. The summed E-state index contributed by atoms with van der Waals surface area (Å²) in [4.78, 5) is 0. The lowest BCUT2D eigenvalue weighted by molar-refractivity contribution is 0.232. The van der Waals surface area contributed by atoms with Gasteiger partial charge in [0.2, 0.25) is 0 Å². The molecule has 1 aliphatic rings. The fraction of sp³-hybridized carbons (Fsp3) is 0.667. The maximum Gasteiger partial charge on any atom is 0.123 e. The Kier molecular flexibility index (Phi) is 5.59. The maximum atomic E-state index is 13.1. The largest absolute Gasteiger partial charge is 0.314 e. The first-order chi connectivity index (χ1) is 9.56. The number of hydrogen-bond acceptors (Lipinski definition) is 1. The highest BCUT2D eigenvalue weighted by Gasteiger charge is 2.23. The van der Waals surface area contributed by atoms with Crippen molar-refractivity contribution in [1.82, 2.24) is 5.32 Å². The standard InChI is InChI=1S/C18H28FN/c1-13(2)16-5-4-6-18(12-16)20-10-9-15-7-8-17(19)11-14(15)3/h7-8,11,13,16,18,20H,4-6,9-10,12H2,1-3H3. The Bertz CT molecular complexity index is 427. The summed E-state index contributed by atoms with van der Waals surface area (Å²) in [5, 5.41) is 3.70. The molecule has 1 fully saturated rings. The Hall–Kier alpha value is -0.890. The molecule has 1 saturated carbocycles. The van der Waals surface area contributed by atoms with Crippen molar-refractivity contribution in [2.24, 2.45) is 11.8 Å². The smallest absolute Gasteiger partial charge is 0.123 e. The summed E-state index contributed by atoms with van der Waals surface area (Å²) >= 11 is 0. The Labute approximate surface area is 123 Å². The lowest BCUT2D eigenvalue weighted by Gasteiger charge is -2.32. The molecule has 1 aliphatic carbocycles. The van der Waals surface area contributed by atoms with Crippen LogP contribution in [0.1, 0.15) is 50.7 Å². The van der Waals surface area contributed by atoms with Gasteiger partial charge in [-0.1, -0.05) is 32.8 Å². The lowest BCUT2D eigenvalue weighted by atomic mass is 9.79. The number of aryl methyl sites for hydroxylation is 1. The number of benzene rings is 1. The van der Waals surface area contributed by atoms with Crippen molar-refractivity contribution in [2.75, 3.05) is 6.54 Å². The first-order valence-corrected chi connectivity index (χ1v) is 8.04. The summed E-state index contributed by atoms with van der Waals surface area (Å²) in [5.74, 6) is 1.55. The van der Waals surface area contributed by atoms with Gasteiger partial charge in [0.1, 0.15) is 5.82 Å². The Morgan fingerprint density at radius 1 is 1.30 bits per heavy atom. The zero-order chi connectivity index (χ0) is 14.5. The average Bonchev–Trinajstić information content (AvgIpc) is 2.41. The van der Waals surface area contributed by atoms with Crippen molar-refractivity contribution in [3.05, 3.63) is 35.1 Å². The van der Waals surface area contributed by atoms with E-state index in [1.807, 2.05) is 13.0 Å². The second-order valence-electron chi connectivity index (χ2n) is 6.64. The van der Waals surface area contributed by atoms with Gasteiger partial charge in [0.05, 0.1) is 0 Å². The summed E-state index contributed by atoms with van der Waals surface area (Å²) in [7, 11) is 0. The summed E-state index contributed by atoms with van der Waals surface area (Å²) < 4.78 is 13.1. The predicted molar refractivity (Wildman–Crippen MR) is 83.4 cm³/mol. The van der Waals surface area contributed by atoms with Gasteiger partial charge in [-0.15, -0.1) is 0 Å². The minimum Gasteiger partial charge on any atom is -0.314 e. The fourth-order valence-electron chi connectivity index (χ4n) is 3.37. The molecule has 20 heavy (non-hydrogen) atoms. The second kappa shape index (κ2) is 7.21. The number of rotatable bonds is 5. The highest BCUT2D eigenvalue weighted by atomic mass is 19.1. The molecule has 2 heteroatoms. The van der Waals surface area contributed by atoms with Crippen LogP contribution in [0.15, 0.2) is 18.2 Å². The average molecular weight is 277 g/mol. The van der Waals surface area contributed by atoms with Crippen LogP contribution in [0.25, 0.3) is 0 Å². The van der Waals surface area contributed by atoms with Crippen LogP contribution in [0.3, 0.4) is 0 Å². The molecule has 1 aromatic carbocycles. The van der Waals surface area contributed by atoms with Gasteiger partial charge in [0.25, 0.3) is 0 Å². The van der Waals surface area contributed by atoms with E-state index >= 15 is 0 Å². The molecule has 2 rings (SSSR count). The van der Waals surface area contributed by atoms with Crippen LogP contribution in [0, 0.1) is 24.6 Å². The van der Waals surface area contributed by atoms with E-state index in [0.29, 0.717) is 6.04 Å². The van der Waals surface area contributed by atoms with Gasteiger partial charge in [0, 0.05) is 6.04 Å². The Balaban J connectivity index is 1.78. The first-order valence-electron chi connectivity index (χ1n) is 8.04. The number of nitrogens with one attached hydrogen (secondary N) is 1. The number of hydrogen-bond donors (Lipinski definition) is 1. The van der Waals surface area contributed by atoms with E-state index in [1.54, 1.807) is 12.1 Å². The van der Waals surface area contributed by atoms with Crippen LogP contribution >= 0.6 is 0 Å². The van der Waals surface area contributed by atoms with Crippen LogP contribution in [-0.2, 0) is 6.42 Å². The molecule has 112 valence electrons. The summed E-state index contributed by atoms with van der Waals surface area (Å²) in [5.41, 5.74) is 2.32. The van der Waals surface area contributed by atoms with Crippen LogP contribution in [-0.4, -0.2) is 12.6 Å². The molecule has 0 saturated heterocycles. The molecule has 0 aliphatic heterocycles. The van der Waals surface area contributed by atoms with Crippen molar-refractivity contribution in [1.29, 1.82) is 0 Å². The summed E-state index contributed by atoms with van der Waals surface area (Å²) in [6.45, 7) is 7.68. The van der Waals surface area contributed by atoms with Gasteiger partial charge in [-0.3, -0.25) is 0 Å². The molecule has 0 radical (unpaired) electrons. The van der Waals surface area contributed by atoms with E-state index < -0.39 is 0 Å². The molecule has 0 bridgehead atoms. The van der Waals surface area contributed by atoms with Gasteiger partial charge >= 0.3 is 0 Å². The van der Waals surface area contributed by atoms with E-state index in [4.69, 9.17) is 0 Å². The third kappa shape index (κ3) is 4.31. The van der Waals surface area contributed by atoms with Gasteiger partial charge in [0.15, 0.2) is 0 Å². The van der Waals surface area contributed by atoms with Crippen molar-refractivity contribution < 1.29 is 4.39 Å². The van der Waals surface area contributed by atoms with Crippen molar-refractivity contribution in [2.45, 2.75) is 58.9 Å². The van der Waals surface area contributed by atoms with Crippen molar-refractivity contribution in [3.8, 4) is 0 Å². The first kappa shape index (κ1) is 15.5. The molecule has 2 unspecified atom stereocenters. The zero-order valence-corrected chi connectivity index (χ0v) is 13.1. The van der Waals surface area contributed by atoms with E-state index in [9.17, 15) is 4.39 Å². The van der Waals surface area contributed by atoms with E-state index in [-0.39, 0.29) is 5.82 Å². The molecule has 0 spiro atoms. The molecule has 0 amide bonds. The minimum atomic E-state index is -0.133. The highest BCUT2D eigenvalue weighted by Crippen LogP contribution is 2.29. The van der Waals surface area contributed by atoms with Gasteiger partial charge < -0.3 is 5.32 Å². The Morgan fingerprint density at radius 3 is 2.80 bits per heavy atom. The molecule has 1 N–H and O–H groups in total. The molecular formula is C18H28FN. The Morgan fingerprint density at radius 2 is 2.10 bits per heavy atom. The van der Waals surface area contributed by atoms with Gasteiger partial charge in [-0.25, -0.2) is 4.39 Å². The zero-order valence-electron chi connectivity index (χ0n) is 13.1. The molecule has 1 aromatic rings. The van der Waals surface area contributed by atoms with Crippen LogP contribution < -0.4 is 5.32 Å². The van der Waals surface area contributed by atoms with Crippen molar-refractivity contribution in [3.63, 3.8) is 0 Å². The minimum absolute atomic E-state index is 0.133. The predicted octanol–water partition coefficient (Wildman–Crippen LogP) is 4.48. The topological polar surface area (TPSA) is 12.0 Å². The van der Waals surface area contributed by atoms with Crippen LogP contribution in [0.4, 0.5) is 4.39 Å². The van der Waals surface area contributed by atoms with Gasteiger partial charge in [-0.2, -0.15) is 0 Å². The van der Waals surface area contributed by atoms with Crippen LogP contribution in [0.5, 0.6) is 0 Å². The lowest BCUT2D eigenvalue weighted by Crippen LogP contribution is -2.36. The van der Waals surface area contributed by atoms with E-state index in [2.05, 4.69) is 19.2 Å². The third-order valence-corrected chi connectivity index (χ3v) is 4.79. The van der Waals surface area contributed by atoms with Gasteiger partial charge in [-0.05, 0) is 67.8 Å². The monoisotopic (exact) mass is 277 g/mol. The van der Waals surface area contributed by atoms with E-state index in [1.165, 1.54) is 31.2 Å². The molecule has 2 atom stereocenters.